The molecule has 0 atom stereocenters. The fraction of sp³-hybridized carbons (Fsp3) is 0.130. The number of benzene rings is 2. The molecule has 146 valence electrons. The minimum Gasteiger partial charge on any atom is -0.348 e. The number of aromatic nitrogens is 1. The van der Waals surface area contributed by atoms with Crippen LogP contribution in [0.1, 0.15) is 49.3 Å². The van der Waals surface area contributed by atoms with Crippen molar-refractivity contribution in [2.24, 2.45) is 0 Å². The Labute approximate surface area is 169 Å². The molecule has 6 nitrogen and oxygen atoms in total. The number of carbonyl (C=O) groups excluding carboxylic acids is 3. The number of rotatable bonds is 6. The Bertz CT molecular complexity index is 1080. The van der Waals surface area contributed by atoms with Gasteiger partial charge in [-0.15, -0.1) is 0 Å². The summed E-state index contributed by atoms with van der Waals surface area (Å²) in [5.74, 6) is -0.841. The third-order valence-corrected chi connectivity index (χ3v) is 4.32. The molecule has 2 amide bonds. The fourth-order valence-corrected chi connectivity index (χ4v) is 2.81. The van der Waals surface area contributed by atoms with E-state index < -0.39 is 5.91 Å². The van der Waals surface area contributed by atoms with Crippen LogP contribution in [-0.4, -0.2) is 22.6 Å². The van der Waals surface area contributed by atoms with Crippen LogP contribution in [0.25, 0.3) is 0 Å². The second-order valence-corrected chi connectivity index (χ2v) is 6.69. The van der Waals surface area contributed by atoms with Crippen LogP contribution in [-0.2, 0) is 6.54 Å². The van der Waals surface area contributed by atoms with Gasteiger partial charge in [0.15, 0.2) is 5.78 Å². The first-order valence-electron chi connectivity index (χ1n) is 9.14. The molecule has 2 N–H and O–H groups in total. The largest absolute Gasteiger partial charge is 0.348 e. The van der Waals surface area contributed by atoms with E-state index in [1.165, 1.54) is 19.2 Å². The maximum Gasteiger partial charge on any atom is 0.274 e. The maximum absolute atomic E-state index is 12.5. The van der Waals surface area contributed by atoms with Crippen LogP contribution in [0.3, 0.4) is 0 Å². The molecule has 3 aromatic rings. The van der Waals surface area contributed by atoms with Gasteiger partial charge in [-0.1, -0.05) is 42.0 Å². The van der Waals surface area contributed by atoms with Crippen LogP contribution in [0, 0.1) is 6.92 Å². The molecule has 0 aliphatic rings. The Kier molecular flexibility index (Phi) is 6.14. The molecular formula is C23H21N3O3. The Morgan fingerprint density at radius 2 is 1.69 bits per heavy atom. The second kappa shape index (κ2) is 8.93. The van der Waals surface area contributed by atoms with E-state index in [0.717, 1.165) is 11.1 Å². The average Bonchev–Trinajstić information content (AvgIpc) is 2.72. The molecule has 0 unspecified atom stereocenters. The average molecular weight is 387 g/mol. The Morgan fingerprint density at radius 3 is 2.45 bits per heavy atom. The van der Waals surface area contributed by atoms with Crippen molar-refractivity contribution in [2.45, 2.75) is 20.4 Å². The Balaban J connectivity index is 1.68. The van der Waals surface area contributed by atoms with Crippen molar-refractivity contribution < 1.29 is 14.4 Å². The molecule has 2 aromatic carbocycles. The smallest absolute Gasteiger partial charge is 0.274 e. The molecule has 3 rings (SSSR count). The quantitative estimate of drug-likeness (QED) is 0.630. The van der Waals surface area contributed by atoms with E-state index in [1.54, 1.807) is 30.3 Å². The minimum absolute atomic E-state index is 0.0912. The minimum atomic E-state index is -0.459. The molecule has 0 bridgehead atoms. The zero-order valence-corrected chi connectivity index (χ0v) is 16.2. The lowest BCUT2D eigenvalue weighted by Crippen LogP contribution is -2.23. The number of Topliss-reactive ketones (excluding diaryl/α,β-unsaturated/α-hetero) is 1. The Hall–Kier alpha value is -3.80. The van der Waals surface area contributed by atoms with Gasteiger partial charge in [-0.25, -0.2) is 0 Å². The number of nitrogens with zero attached hydrogens (tertiary/aromatic N) is 1. The molecule has 1 heterocycles. The van der Waals surface area contributed by atoms with Crippen LogP contribution in [0.5, 0.6) is 0 Å². The number of pyridine rings is 1. The van der Waals surface area contributed by atoms with Crippen LogP contribution < -0.4 is 10.6 Å². The lowest BCUT2D eigenvalue weighted by Gasteiger charge is -2.08. The number of aryl methyl sites for hydroxylation is 1. The summed E-state index contributed by atoms with van der Waals surface area (Å²) in [5.41, 5.74) is 3.56. The summed E-state index contributed by atoms with van der Waals surface area (Å²) in [6.07, 6.45) is 1.42. The van der Waals surface area contributed by atoms with E-state index in [4.69, 9.17) is 0 Å². The predicted molar refractivity (Wildman–Crippen MR) is 111 cm³/mol. The number of anilines is 1. The monoisotopic (exact) mass is 387 g/mol. The van der Waals surface area contributed by atoms with Crippen molar-refractivity contribution in [1.29, 1.82) is 0 Å². The van der Waals surface area contributed by atoms with Gasteiger partial charge in [0.05, 0.1) is 0 Å². The summed E-state index contributed by atoms with van der Waals surface area (Å²) in [4.78, 5) is 40.5. The summed E-state index contributed by atoms with van der Waals surface area (Å²) < 4.78 is 0. The van der Waals surface area contributed by atoms with Gasteiger partial charge in [-0.3, -0.25) is 19.4 Å². The first kappa shape index (κ1) is 19.9. The van der Waals surface area contributed by atoms with Crippen LogP contribution in [0.4, 0.5) is 5.69 Å². The normalized spacial score (nSPS) is 10.3. The van der Waals surface area contributed by atoms with E-state index in [2.05, 4.69) is 15.6 Å². The molecule has 0 saturated carbocycles. The lowest BCUT2D eigenvalue weighted by molar-refractivity contribution is 0.0949. The molecule has 0 aliphatic carbocycles. The van der Waals surface area contributed by atoms with Crippen molar-refractivity contribution in [3.8, 4) is 0 Å². The van der Waals surface area contributed by atoms with E-state index in [0.29, 0.717) is 23.4 Å². The second-order valence-electron chi connectivity index (χ2n) is 6.69. The molecule has 0 spiro atoms. The van der Waals surface area contributed by atoms with Crippen molar-refractivity contribution in [3.63, 3.8) is 0 Å². The summed E-state index contributed by atoms with van der Waals surface area (Å²) in [6, 6.07) is 17.5. The van der Waals surface area contributed by atoms with Crippen LogP contribution in [0.15, 0.2) is 66.9 Å². The number of nitrogens with one attached hydrogen (secondary N) is 2. The number of hydrogen-bond donors (Lipinski definition) is 2. The topological polar surface area (TPSA) is 88.2 Å². The fourth-order valence-electron chi connectivity index (χ4n) is 2.81. The van der Waals surface area contributed by atoms with Gasteiger partial charge < -0.3 is 10.6 Å². The summed E-state index contributed by atoms with van der Waals surface area (Å²) in [6.45, 7) is 3.84. The molecule has 0 saturated heterocycles. The first-order chi connectivity index (χ1) is 13.9. The van der Waals surface area contributed by atoms with Gasteiger partial charge in [0.25, 0.3) is 11.8 Å². The van der Waals surface area contributed by atoms with Gasteiger partial charge in [-0.2, -0.15) is 0 Å². The summed E-state index contributed by atoms with van der Waals surface area (Å²) in [5, 5.41) is 5.54. The van der Waals surface area contributed by atoms with Crippen LogP contribution in [0.2, 0.25) is 0 Å². The molecule has 29 heavy (non-hydrogen) atoms. The molecule has 0 fully saturated rings. The summed E-state index contributed by atoms with van der Waals surface area (Å²) >= 11 is 0. The van der Waals surface area contributed by atoms with Crippen molar-refractivity contribution in [2.75, 3.05) is 5.32 Å². The highest BCUT2D eigenvalue weighted by Gasteiger charge is 2.13. The van der Waals surface area contributed by atoms with Crippen molar-refractivity contribution in [1.82, 2.24) is 10.3 Å². The number of hydrogen-bond acceptors (Lipinski definition) is 4. The van der Waals surface area contributed by atoms with Crippen molar-refractivity contribution in [3.05, 3.63) is 94.8 Å². The summed E-state index contributed by atoms with van der Waals surface area (Å²) in [7, 11) is 0. The van der Waals surface area contributed by atoms with E-state index in [1.807, 2.05) is 31.2 Å². The highest BCUT2D eigenvalue weighted by Crippen LogP contribution is 2.13. The maximum atomic E-state index is 12.5. The zero-order chi connectivity index (χ0) is 20.8. The molecule has 1 aromatic heterocycles. The predicted octanol–water partition coefficient (Wildman–Crippen LogP) is 3.77. The number of ketones is 1. The number of amides is 2. The molecular weight excluding hydrogens is 366 g/mol. The molecule has 0 radical (unpaired) electrons. The van der Waals surface area contributed by atoms with Gasteiger partial charge in [0, 0.05) is 29.6 Å². The molecule has 6 heteroatoms. The lowest BCUT2D eigenvalue weighted by atomic mass is 10.1. The molecule has 0 aliphatic heterocycles. The van der Waals surface area contributed by atoms with Gasteiger partial charge in [0.1, 0.15) is 5.69 Å². The Morgan fingerprint density at radius 1 is 0.897 bits per heavy atom. The SMILES string of the molecule is CC(=O)c1cccc(NC(=O)c2cc(C(=O)NCc3cccc(C)c3)ccn2)c1. The number of carbonyl (C=O) groups is 3. The van der Waals surface area contributed by atoms with Gasteiger partial charge >= 0.3 is 0 Å². The highest BCUT2D eigenvalue weighted by molar-refractivity contribution is 6.05. The van der Waals surface area contributed by atoms with Crippen molar-refractivity contribution >= 4 is 23.3 Å². The third-order valence-electron chi connectivity index (χ3n) is 4.32. The van der Waals surface area contributed by atoms with E-state index >= 15 is 0 Å². The van der Waals surface area contributed by atoms with Gasteiger partial charge in [-0.05, 0) is 43.7 Å². The van der Waals surface area contributed by atoms with Gasteiger partial charge in [0.2, 0.25) is 0 Å². The van der Waals surface area contributed by atoms with E-state index in [-0.39, 0.29) is 17.4 Å². The highest BCUT2D eigenvalue weighted by atomic mass is 16.2. The first-order valence-corrected chi connectivity index (χ1v) is 9.14. The van der Waals surface area contributed by atoms with Crippen LogP contribution >= 0.6 is 0 Å². The van der Waals surface area contributed by atoms with E-state index in [9.17, 15) is 14.4 Å². The zero-order valence-electron chi connectivity index (χ0n) is 16.2. The third kappa shape index (κ3) is 5.35. The standard InChI is InChI=1S/C23H21N3O3/c1-15-5-3-6-17(11-15)14-25-22(28)19-9-10-24-21(13-19)23(29)26-20-8-4-7-18(12-20)16(2)27/h3-13H,14H2,1-2H3,(H,25,28)(H,26,29).